The number of anilines is 1. The van der Waals surface area contributed by atoms with Crippen molar-refractivity contribution in [3.63, 3.8) is 0 Å². The summed E-state index contributed by atoms with van der Waals surface area (Å²) in [5, 5.41) is 0. The molecule has 0 amide bonds. The third kappa shape index (κ3) is 2.14. The van der Waals surface area contributed by atoms with E-state index in [1.807, 2.05) is 13.1 Å². The molecule has 0 radical (unpaired) electrons. The Balaban J connectivity index is 1.73. The second kappa shape index (κ2) is 4.72. The van der Waals surface area contributed by atoms with Crippen LogP contribution >= 0.6 is 0 Å². The molecule has 1 spiro atoms. The molecule has 5 nitrogen and oxygen atoms in total. The highest BCUT2D eigenvalue weighted by Crippen LogP contribution is 2.39. The first-order valence-electron chi connectivity index (χ1n) is 6.59. The van der Waals surface area contributed by atoms with E-state index in [4.69, 9.17) is 9.47 Å². The van der Waals surface area contributed by atoms with Crippen molar-refractivity contribution < 1.29 is 9.47 Å². The molecule has 2 fully saturated rings. The summed E-state index contributed by atoms with van der Waals surface area (Å²) in [5.74, 6) is 1.53. The molecule has 0 saturated carbocycles. The van der Waals surface area contributed by atoms with Crippen molar-refractivity contribution in [1.82, 2.24) is 9.97 Å². The van der Waals surface area contributed by atoms with Gasteiger partial charge in [-0.25, -0.2) is 0 Å². The smallest absolute Gasteiger partial charge is 0.234 e. The quantitative estimate of drug-likeness (QED) is 0.812. The summed E-state index contributed by atoms with van der Waals surface area (Å²) in [6.45, 7) is 6.43. The molecule has 1 atom stereocenters. The molecule has 1 aromatic rings. The highest BCUT2D eigenvalue weighted by atomic mass is 16.5. The fourth-order valence-corrected chi connectivity index (χ4v) is 2.81. The number of nitrogens with zero attached hydrogens (tertiary/aromatic N) is 3. The molecular formula is C13H19N3O2. The summed E-state index contributed by atoms with van der Waals surface area (Å²) < 4.78 is 10.9. The normalized spacial score (nSPS) is 27.1. The standard InChI is InChI=1S/C13H19N3O2/c1-2-18-12-8-14-7-11(15-12)16-5-3-13(9-16)4-6-17-10-13/h7-8H,2-6,9-10H2,1H3/t13-/m0/s1. The van der Waals surface area contributed by atoms with E-state index in [-0.39, 0.29) is 0 Å². The molecule has 2 saturated heterocycles. The monoisotopic (exact) mass is 249 g/mol. The van der Waals surface area contributed by atoms with Crippen molar-refractivity contribution in [2.75, 3.05) is 37.8 Å². The summed E-state index contributed by atoms with van der Waals surface area (Å²) in [6.07, 6.45) is 5.84. The van der Waals surface area contributed by atoms with Gasteiger partial charge in [-0.3, -0.25) is 4.98 Å². The van der Waals surface area contributed by atoms with Crippen LogP contribution in [0.25, 0.3) is 0 Å². The van der Waals surface area contributed by atoms with Gasteiger partial charge in [0.2, 0.25) is 5.88 Å². The molecule has 0 bridgehead atoms. The predicted octanol–water partition coefficient (Wildman–Crippen LogP) is 1.49. The van der Waals surface area contributed by atoms with Gasteiger partial charge in [-0.2, -0.15) is 4.98 Å². The minimum atomic E-state index is 0.350. The van der Waals surface area contributed by atoms with Crippen molar-refractivity contribution in [1.29, 1.82) is 0 Å². The lowest BCUT2D eigenvalue weighted by molar-refractivity contribution is 0.160. The van der Waals surface area contributed by atoms with E-state index in [1.165, 1.54) is 12.8 Å². The van der Waals surface area contributed by atoms with Gasteiger partial charge in [0.25, 0.3) is 0 Å². The number of aromatic nitrogens is 2. The number of hydrogen-bond acceptors (Lipinski definition) is 5. The van der Waals surface area contributed by atoms with Crippen molar-refractivity contribution in [3.05, 3.63) is 12.4 Å². The molecule has 3 heterocycles. The highest BCUT2D eigenvalue weighted by Gasteiger charge is 2.41. The Labute approximate surface area is 107 Å². The van der Waals surface area contributed by atoms with E-state index >= 15 is 0 Å². The van der Waals surface area contributed by atoms with Crippen LogP contribution in [-0.4, -0.2) is 42.9 Å². The van der Waals surface area contributed by atoms with Crippen LogP contribution in [0.5, 0.6) is 5.88 Å². The summed E-state index contributed by atoms with van der Waals surface area (Å²) in [4.78, 5) is 11.0. The van der Waals surface area contributed by atoms with Gasteiger partial charge in [0.15, 0.2) is 5.82 Å². The predicted molar refractivity (Wildman–Crippen MR) is 67.9 cm³/mol. The van der Waals surface area contributed by atoms with E-state index in [2.05, 4.69) is 14.9 Å². The molecule has 1 aromatic heterocycles. The molecular weight excluding hydrogens is 230 g/mol. The van der Waals surface area contributed by atoms with Gasteiger partial charge in [-0.05, 0) is 19.8 Å². The lowest BCUT2D eigenvalue weighted by Crippen LogP contribution is -2.28. The summed E-state index contributed by atoms with van der Waals surface area (Å²) in [6, 6.07) is 0. The number of rotatable bonds is 3. The largest absolute Gasteiger partial charge is 0.477 e. The SMILES string of the molecule is CCOc1cncc(N2CC[C@]3(CCOC3)C2)n1. The molecule has 0 aromatic carbocycles. The Hall–Kier alpha value is -1.36. The van der Waals surface area contributed by atoms with Crippen molar-refractivity contribution in [2.45, 2.75) is 19.8 Å². The third-order valence-corrected chi connectivity index (χ3v) is 3.84. The number of hydrogen-bond donors (Lipinski definition) is 0. The minimum absolute atomic E-state index is 0.350. The molecule has 0 aliphatic carbocycles. The van der Waals surface area contributed by atoms with E-state index in [9.17, 15) is 0 Å². The zero-order valence-electron chi connectivity index (χ0n) is 10.8. The zero-order valence-corrected chi connectivity index (χ0v) is 10.8. The maximum absolute atomic E-state index is 5.54. The first-order valence-corrected chi connectivity index (χ1v) is 6.59. The van der Waals surface area contributed by atoms with Crippen LogP contribution < -0.4 is 9.64 Å². The van der Waals surface area contributed by atoms with Crippen LogP contribution in [0, 0.1) is 5.41 Å². The van der Waals surface area contributed by atoms with Crippen LogP contribution in [0.1, 0.15) is 19.8 Å². The molecule has 98 valence electrons. The van der Waals surface area contributed by atoms with Gasteiger partial charge < -0.3 is 14.4 Å². The van der Waals surface area contributed by atoms with Crippen molar-refractivity contribution >= 4 is 5.82 Å². The summed E-state index contributed by atoms with van der Waals surface area (Å²) in [5.41, 5.74) is 0.350. The third-order valence-electron chi connectivity index (χ3n) is 3.84. The molecule has 5 heteroatoms. The second-order valence-electron chi connectivity index (χ2n) is 5.12. The zero-order chi connectivity index (χ0) is 12.4. The molecule has 2 aliphatic rings. The molecule has 3 rings (SSSR count). The fourth-order valence-electron chi connectivity index (χ4n) is 2.81. The average molecular weight is 249 g/mol. The maximum atomic E-state index is 5.54. The Morgan fingerprint density at radius 2 is 2.39 bits per heavy atom. The second-order valence-corrected chi connectivity index (χ2v) is 5.12. The summed E-state index contributed by atoms with van der Waals surface area (Å²) >= 11 is 0. The van der Waals surface area contributed by atoms with Gasteiger partial charge in [0.1, 0.15) is 0 Å². The van der Waals surface area contributed by atoms with E-state index in [1.54, 1.807) is 6.20 Å². The fraction of sp³-hybridized carbons (Fsp3) is 0.692. The van der Waals surface area contributed by atoms with E-state index < -0.39 is 0 Å². The molecule has 0 unspecified atom stereocenters. The van der Waals surface area contributed by atoms with Gasteiger partial charge in [-0.15, -0.1) is 0 Å². The van der Waals surface area contributed by atoms with Crippen LogP contribution in [0.2, 0.25) is 0 Å². The maximum Gasteiger partial charge on any atom is 0.234 e. The highest BCUT2D eigenvalue weighted by molar-refractivity contribution is 5.39. The Kier molecular flexibility index (Phi) is 3.07. The van der Waals surface area contributed by atoms with Crippen LogP contribution in [0.3, 0.4) is 0 Å². The van der Waals surface area contributed by atoms with Crippen LogP contribution in [0.4, 0.5) is 5.82 Å². The first kappa shape index (κ1) is 11.7. The van der Waals surface area contributed by atoms with Crippen LogP contribution in [0.15, 0.2) is 12.4 Å². The first-order chi connectivity index (χ1) is 8.81. The Morgan fingerprint density at radius 3 is 3.17 bits per heavy atom. The van der Waals surface area contributed by atoms with E-state index in [0.717, 1.165) is 32.1 Å². The number of ether oxygens (including phenoxy) is 2. The lowest BCUT2D eigenvalue weighted by Gasteiger charge is -2.22. The minimum Gasteiger partial charge on any atom is -0.477 e. The summed E-state index contributed by atoms with van der Waals surface area (Å²) in [7, 11) is 0. The Morgan fingerprint density at radius 1 is 1.44 bits per heavy atom. The van der Waals surface area contributed by atoms with E-state index in [0.29, 0.717) is 17.9 Å². The molecule has 18 heavy (non-hydrogen) atoms. The Bertz CT molecular complexity index is 418. The topological polar surface area (TPSA) is 47.5 Å². The van der Waals surface area contributed by atoms with Crippen LogP contribution in [-0.2, 0) is 4.74 Å². The van der Waals surface area contributed by atoms with Gasteiger partial charge in [0.05, 0.1) is 25.6 Å². The lowest BCUT2D eigenvalue weighted by atomic mass is 9.87. The molecule has 2 aliphatic heterocycles. The van der Waals surface area contributed by atoms with Crippen molar-refractivity contribution in [2.24, 2.45) is 5.41 Å². The molecule has 0 N–H and O–H groups in total. The average Bonchev–Trinajstić information content (AvgIpc) is 3.01. The van der Waals surface area contributed by atoms with Gasteiger partial charge in [-0.1, -0.05) is 0 Å². The van der Waals surface area contributed by atoms with Gasteiger partial charge in [0, 0.05) is 25.1 Å². The van der Waals surface area contributed by atoms with Crippen molar-refractivity contribution in [3.8, 4) is 5.88 Å². The van der Waals surface area contributed by atoms with Gasteiger partial charge >= 0.3 is 0 Å².